The second-order valence-electron chi connectivity index (χ2n) is 3.73. The molecule has 3 nitrogen and oxygen atoms in total. The van der Waals surface area contributed by atoms with Crippen molar-refractivity contribution >= 4 is 0 Å². The molecule has 0 atom stereocenters. The van der Waals surface area contributed by atoms with Gasteiger partial charge in [-0.05, 0) is 29.8 Å². The normalized spacial score (nSPS) is 10.1. The van der Waals surface area contributed by atoms with Crippen LogP contribution in [-0.4, -0.2) is 12.2 Å². The quantitative estimate of drug-likeness (QED) is 0.903. The van der Waals surface area contributed by atoms with Gasteiger partial charge in [-0.15, -0.1) is 0 Å². The summed E-state index contributed by atoms with van der Waals surface area (Å²) in [5.41, 5.74) is 0.785. The number of ether oxygens (including phenoxy) is 2. The first-order chi connectivity index (χ1) is 8.70. The topological polar surface area (TPSA) is 38.7 Å². The van der Waals surface area contributed by atoms with E-state index in [1.807, 2.05) is 0 Å². The Hall–Kier alpha value is -2.23. The second-order valence-corrected chi connectivity index (χ2v) is 3.73. The van der Waals surface area contributed by atoms with E-state index in [4.69, 9.17) is 9.47 Å². The zero-order valence-corrected chi connectivity index (χ0v) is 9.89. The maximum absolute atomic E-state index is 13.3. The number of phenolic OH excluding ortho intramolecular Hbond substituents is 1. The zero-order chi connectivity index (χ0) is 13.0. The summed E-state index contributed by atoms with van der Waals surface area (Å²) in [4.78, 5) is 0. The number of hydrogen-bond acceptors (Lipinski definition) is 3. The number of aromatic hydroxyl groups is 1. The summed E-state index contributed by atoms with van der Waals surface area (Å²) in [6.45, 7) is 0.206. The summed E-state index contributed by atoms with van der Waals surface area (Å²) < 4.78 is 23.6. The molecule has 0 saturated carbocycles. The number of para-hydroxylation sites is 1. The minimum Gasteiger partial charge on any atom is -0.504 e. The van der Waals surface area contributed by atoms with E-state index < -0.39 is 5.82 Å². The molecule has 0 saturated heterocycles. The van der Waals surface area contributed by atoms with E-state index in [9.17, 15) is 9.50 Å². The molecule has 2 rings (SSSR count). The van der Waals surface area contributed by atoms with Crippen molar-refractivity contribution in [2.75, 3.05) is 7.11 Å². The minimum absolute atomic E-state index is 0.0622. The van der Waals surface area contributed by atoms with Gasteiger partial charge in [0.15, 0.2) is 23.1 Å². The number of rotatable bonds is 4. The van der Waals surface area contributed by atoms with Crippen LogP contribution in [0.5, 0.6) is 17.2 Å². The lowest BCUT2D eigenvalue weighted by Crippen LogP contribution is -1.97. The third-order valence-corrected chi connectivity index (χ3v) is 2.48. The van der Waals surface area contributed by atoms with Crippen LogP contribution in [0.1, 0.15) is 5.56 Å². The van der Waals surface area contributed by atoms with Gasteiger partial charge >= 0.3 is 0 Å². The van der Waals surface area contributed by atoms with E-state index in [1.165, 1.54) is 19.2 Å². The largest absolute Gasteiger partial charge is 0.504 e. The van der Waals surface area contributed by atoms with Crippen LogP contribution in [0, 0.1) is 5.82 Å². The summed E-state index contributed by atoms with van der Waals surface area (Å²) in [6, 6.07) is 11.1. The van der Waals surface area contributed by atoms with Crippen molar-refractivity contribution in [2.45, 2.75) is 6.61 Å². The van der Waals surface area contributed by atoms with Crippen LogP contribution in [0.15, 0.2) is 42.5 Å². The number of halogens is 1. The van der Waals surface area contributed by atoms with E-state index in [0.717, 1.165) is 5.56 Å². The fourth-order valence-corrected chi connectivity index (χ4v) is 1.53. The molecule has 0 unspecified atom stereocenters. The highest BCUT2D eigenvalue weighted by molar-refractivity contribution is 5.41. The molecular formula is C14H13FO3. The predicted molar refractivity (Wildman–Crippen MR) is 65.4 cm³/mol. The lowest BCUT2D eigenvalue weighted by molar-refractivity contribution is 0.289. The molecule has 0 aliphatic carbocycles. The van der Waals surface area contributed by atoms with E-state index >= 15 is 0 Å². The first-order valence-corrected chi connectivity index (χ1v) is 5.44. The van der Waals surface area contributed by atoms with E-state index in [-0.39, 0.29) is 18.1 Å². The summed E-state index contributed by atoms with van der Waals surface area (Å²) in [7, 11) is 1.47. The molecule has 0 bridgehead atoms. The van der Waals surface area contributed by atoms with Gasteiger partial charge in [0.2, 0.25) is 0 Å². The number of phenols is 1. The first kappa shape index (κ1) is 12.2. The van der Waals surface area contributed by atoms with Crippen molar-refractivity contribution in [3.8, 4) is 17.2 Å². The molecule has 0 radical (unpaired) electrons. The van der Waals surface area contributed by atoms with Crippen molar-refractivity contribution < 1.29 is 19.0 Å². The standard InChI is InChI=1S/C14H13FO3/c1-17-14-8-10(6-7-12(14)16)9-18-13-5-3-2-4-11(13)15/h2-8,16H,9H2,1H3. The van der Waals surface area contributed by atoms with Gasteiger partial charge in [-0.2, -0.15) is 0 Å². The molecule has 2 aromatic rings. The predicted octanol–water partition coefficient (Wildman–Crippen LogP) is 3.12. The van der Waals surface area contributed by atoms with Crippen LogP contribution in [0.25, 0.3) is 0 Å². The van der Waals surface area contributed by atoms with Gasteiger partial charge in [0.05, 0.1) is 7.11 Å². The highest BCUT2D eigenvalue weighted by atomic mass is 19.1. The Morgan fingerprint density at radius 3 is 2.61 bits per heavy atom. The molecule has 2 aromatic carbocycles. The SMILES string of the molecule is COc1cc(COc2ccccc2F)ccc1O. The van der Waals surface area contributed by atoms with E-state index in [2.05, 4.69) is 0 Å². The summed E-state index contributed by atoms with van der Waals surface area (Å²) >= 11 is 0. The lowest BCUT2D eigenvalue weighted by atomic mass is 10.2. The number of benzene rings is 2. The minimum atomic E-state index is -0.400. The first-order valence-electron chi connectivity index (χ1n) is 5.44. The van der Waals surface area contributed by atoms with Crippen molar-refractivity contribution in [1.82, 2.24) is 0 Å². The smallest absolute Gasteiger partial charge is 0.165 e. The van der Waals surface area contributed by atoms with Gasteiger partial charge in [0.25, 0.3) is 0 Å². The molecule has 0 aliphatic rings. The Morgan fingerprint density at radius 1 is 1.11 bits per heavy atom. The lowest BCUT2D eigenvalue weighted by Gasteiger charge is -2.09. The Labute approximate surface area is 104 Å². The number of hydrogen-bond donors (Lipinski definition) is 1. The molecule has 0 amide bonds. The molecule has 4 heteroatoms. The summed E-state index contributed by atoms with van der Waals surface area (Å²) in [5.74, 6) is 0.226. The second kappa shape index (κ2) is 5.40. The van der Waals surface area contributed by atoms with Crippen molar-refractivity contribution in [3.05, 3.63) is 53.8 Å². The van der Waals surface area contributed by atoms with Crippen LogP contribution < -0.4 is 9.47 Å². The Morgan fingerprint density at radius 2 is 1.89 bits per heavy atom. The maximum Gasteiger partial charge on any atom is 0.165 e. The third-order valence-electron chi connectivity index (χ3n) is 2.48. The molecule has 18 heavy (non-hydrogen) atoms. The zero-order valence-electron chi connectivity index (χ0n) is 9.89. The fourth-order valence-electron chi connectivity index (χ4n) is 1.53. The molecule has 0 fully saturated rings. The van der Waals surface area contributed by atoms with Gasteiger partial charge in [-0.3, -0.25) is 0 Å². The molecule has 0 aliphatic heterocycles. The van der Waals surface area contributed by atoms with Crippen LogP contribution >= 0.6 is 0 Å². The molecule has 0 aromatic heterocycles. The van der Waals surface area contributed by atoms with Crippen LogP contribution in [0.3, 0.4) is 0 Å². The van der Waals surface area contributed by atoms with Crippen LogP contribution in [-0.2, 0) is 6.61 Å². The summed E-state index contributed by atoms with van der Waals surface area (Å²) in [5, 5.41) is 9.44. The Kier molecular flexibility index (Phi) is 3.67. The summed E-state index contributed by atoms with van der Waals surface area (Å²) in [6.07, 6.45) is 0. The fraction of sp³-hybridized carbons (Fsp3) is 0.143. The molecule has 1 N–H and O–H groups in total. The molecule has 0 spiro atoms. The molecular weight excluding hydrogens is 235 g/mol. The monoisotopic (exact) mass is 248 g/mol. The van der Waals surface area contributed by atoms with Gasteiger partial charge in [0.1, 0.15) is 6.61 Å². The van der Waals surface area contributed by atoms with Gasteiger partial charge in [-0.1, -0.05) is 18.2 Å². The third kappa shape index (κ3) is 2.71. The average molecular weight is 248 g/mol. The maximum atomic E-state index is 13.3. The highest BCUT2D eigenvalue weighted by Gasteiger charge is 2.05. The molecule has 94 valence electrons. The van der Waals surface area contributed by atoms with E-state index in [0.29, 0.717) is 5.75 Å². The van der Waals surface area contributed by atoms with Crippen molar-refractivity contribution in [3.63, 3.8) is 0 Å². The molecule has 0 heterocycles. The Bertz CT molecular complexity index is 540. The van der Waals surface area contributed by atoms with Crippen LogP contribution in [0.4, 0.5) is 4.39 Å². The van der Waals surface area contributed by atoms with Crippen LogP contribution in [0.2, 0.25) is 0 Å². The van der Waals surface area contributed by atoms with Gasteiger partial charge < -0.3 is 14.6 Å². The van der Waals surface area contributed by atoms with Crippen molar-refractivity contribution in [2.24, 2.45) is 0 Å². The van der Waals surface area contributed by atoms with Gasteiger partial charge in [-0.25, -0.2) is 4.39 Å². The van der Waals surface area contributed by atoms with Gasteiger partial charge in [0, 0.05) is 0 Å². The average Bonchev–Trinajstić information content (AvgIpc) is 2.39. The Balaban J connectivity index is 2.09. The highest BCUT2D eigenvalue weighted by Crippen LogP contribution is 2.27. The van der Waals surface area contributed by atoms with E-state index in [1.54, 1.807) is 30.3 Å². The number of methoxy groups -OCH3 is 1. The van der Waals surface area contributed by atoms with Crippen molar-refractivity contribution in [1.29, 1.82) is 0 Å².